The Balaban J connectivity index is 1.83. The molecule has 1 aromatic heterocycles. The third kappa shape index (κ3) is 4.76. The van der Waals surface area contributed by atoms with E-state index >= 15 is 0 Å². The van der Waals surface area contributed by atoms with E-state index in [9.17, 15) is 8.42 Å². The van der Waals surface area contributed by atoms with Crippen molar-refractivity contribution < 1.29 is 8.42 Å². The Morgan fingerprint density at radius 2 is 2.19 bits per heavy atom. The molecule has 0 bridgehead atoms. The van der Waals surface area contributed by atoms with Crippen LogP contribution in [0.2, 0.25) is 5.02 Å². The van der Waals surface area contributed by atoms with Crippen LogP contribution in [0.4, 0.5) is 0 Å². The molecule has 0 saturated heterocycles. The van der Waals surface area contributed by atoms with Crippen molar-refractivity contribution in [1.82, 2.24) is 15.0 Å². The number of nitrogens with one attached hydrogen (secondary N) is 2. The molecule has 2 aromatic rings. The maximum absolute atomic E-state index is 12.0. The van der Waals surface area contributed by atoms with E-state index in [0.29, 0.717) is 18.1 Å². The van der Waals surface area contributed by atoms with Gasteiger partial charge in [-0.3, -0.25) is 0 Å². The lowest BCUT2D eigenvalue weighted by Crippen LogP contribution is -2.33. The first kappa shape index (κ1) is 16.4. The van der Waals surface area contributed by atoms with Crippen molar-refractivity contribution in [3.63, 3.8) is 0 Å². The second-order valence-electron chi connectivity index (χ2n) is 4.40. The van der Waals surface area contributed by atoms with Crippen LogP contribution >= 0.6 is 22.9 Å². The van der Waals surface area contributed by atoms with Crippen LogP contribution < -0.4 is 10.0 Å². The Morgan fingerprint density at radius 1 is 1.38 bits per heavy atom. The van der Waals surface area contributed by atoms with Gasteiger partial charge in [0.25, 0.3) is 0 Å². The number of halogens is 1. The molecule has 114 valence electrons. The lowest BCUT2D eigenvalue weighted by molar-refractivity contribution is 0.552. The average Bonchev–Trinajstić information content (AvgIpc) is 2.97. The molecular weight excluding hydrogens is 330 g/mol. The highest BCUT2D eigenvalue weighted by Crippen LogP contribution is 2.15. The van der Waals surface area contributed by atoms with E-state index in [1.807, 2.05) is 12.3 Å². The minimum Gasteiger partial charge on any atom is -0.307 e. The third-order valence-electron chi connectivity index (χ3n) is 2.80. The Bertz CT molecular complexity index is 674. The second kappa shape index (κ2) is 7.33. The highest BCUT2D eigenvalue weighted by atomic mass is 35.5. The maximum atomic E-state index is 12.0. The highest BCUT2D eigenvalue weighted by Gasteiger charge is 2.14. The molecule has 2 N–H and O–H groups in total. The molecule has 8 heteroatoms. The first-order valence-corrected chi connectivity index (χ1v) is 9.11. The normalized spacial score (nSPS) is 13.2. The molecule has 0 amide bonds. The van der Waals surface area contributed by atoms with Gasteiger partial charge >= 0.3 is 0 Å². The Hall–Kier alpha value is -0.990. The molecule has 0 aliphatic rings. The lowest BCUT2D eigenvalue weighted by atomic mass is 10.3. The highest BCUT2D eigenvalue weighted by molar-refractivity contribution is 7.89. The Labute approximate surface area is 133 Å². The number of nitrogens with zero attached hydrogens (tertiary/aromatic N) is 1. The first-order chi connectivity index (χ1) is 9.99. The van der Waals surface area contributed by atoms with E-state index in [1.54, 1.807) is 29.7 Å². The summed E-state index contributed by atoms with van der Waals surface area (Å²) in [7, 11) is -3.52. The molecule has 1 aromatic carbocycles. The average molecular weight is 346 g/mol. The Morgan fingerprint density at radius 3 is 2.86 bits per heavy atom. The molecule has 2 rings (SSSR count). The summed E-state index contributed by atoms with van der Waals surface area (Å²) < 4.78 is 26.6. The number of hydrogen-bond acceptors (Lipinski definition) is 5. The summed E-state index contributed by atoms with van der Waals surface area (Å²) in [4.78, 5) is 4.37. The first-order valence-electron chi connectivity index (χ1n) is 6.37. The van der Waals surface area contributed by atoms with Gasteiger partial charge in [-0.1, -0.05) is 17.7 Å². The molecule has 0 aliphatic carbocycles. The lowest BCUT2D eigenvalue weighted by Gasteiger charge is -2.12. The maximum Gasteiger partial charge on any atom is 0.240 e. The van der Waals surface area contributed by atoms with Crippen LogP contribution in [-0.4, -0.2) is 26.5 Å². The van der Waals surface area contributed by atoms with E-state index in [1.165, 1.54) is 12.1 Å². The van der Waals surface area contributed by atoms with Crippen LogP contribution in [0.15, 0.2) is 40.7 Å². The number of thiazole rings is 1. The third-order valence-corrected chi connectivity index (χ3v) is 5.45. The van der Waals surface area contributed by atoms with Crippen molar-refractivity contribution in [2.45, 2.75) is 17.9 Å². The van der Waals surface area contributed by atoms with Crippen molar-refractivity contribution in [2.24, 2.45) is 0 Å². The summed E-state index contributed by atoms with van der Waals surface area (Å²) in [6, 6.07) is 6.29. The number of aromatic nitrogens is 1. The number of hydrogen-bond donors (Lipinski definition) is 2. The van der Waals surface area contributed by atoms with Gasteiger partial charge < -0.3 is 5.32 Å². The largest absolute Gasteiger partial charge is 0.307 e. The van der Waals surface area contributed by atoms with Crippen molar-refractivity contribution >= 4 is 33.0 Å². The summed E-state index contributed by atoms with van der Waals surface area (Å²) in [6.07, 6.45) is 1.75. The van der Waals surface area contributed by atoms with Crippen LogP contribution in [0, 0.1) is 0 Å². The zero-order valence-electron chi connectivity index (χ0n) is 11.4. The van der Waals surface area contributed by atoms with E-state index in [4.69, 9.17) is 11.6 Å². The molecule has 1 atom stereocenters. The summed E-state index contributed by atoms with van der Waals surface area (Å²) >= 11 is 7.37. The molecule has 5 nitrogen and oxygen atoms in total. The Kier molecular flexibility index (Phi) is 5.72. The molecule has 0 fully saturated rings. The van der Waals surface area contributed by atoms with Gasteiger partial charge in [0.2, 0.25) is 10.0 Å². The fourth-order valence-electron chi connectivity index (χ4n) is 1.73. The second-order valence-corrected chi connectivity index (χ2v) is 7.53. The van der Waals surface area contributed by atoms with Gasteiger partial charge in [-0.25, -0.2) is 18.1 Å². The monoisotopic (exact) mass is 345 g/mol. The predicted molar refractivity (Wildman–Crippen MR) is 85.2 cm³/mol. The molecule has 0 spiro atoms. The number of benzene rings is 1. The van der Waals surface area contributed by atoms with Crippen LogP contribution in [0.25, 0.3) is 0 Å². The van der Waals surface area contributed by atoms with Gasteiger partial charge in [0.05, 0.1) is 10.9 Å². The van der Waals surface area contributed by atoms with E-state index in [0.717, 1.165) is 5.01 Å². The minimum atomic E-state index is -3.52. The summed E-state index contributed by atoms with van der Waals surface area (Å²) in [5.41, 5.74) is 0. The zero-order chi connectivity index (χ0) is 15.3. The van der Waals surface area contributed by atoms with Gasteiger partial charge in [-0.2, -0.15) is 0 Å². The van der Waals surface area contributed by atoms with Crippen molar-refractivity contribution in [2.75, 3.05) is 13.1 Å². The fourth-order valence-corrected chi connectivity index (χ4v) is 3.73. The standard InChI is InChI=1S/C13H16ClN3O2S2/c1-10(13-16-7-8-20-13)15-5-6-17-21(18,19)12-4-2-3-11(14)9-12/h2-4,7-10,15,17H,5-6H2,1H3/t10-/m0/s1. The van der Waals surface area contributed by atoms with Gasteiger partial charge in [0.1, 0.15) is 5.01 Å². The van der Waals surface area contributed by atoms with Crippen molar-refractivity contribution in [3.05, 3.63) is 45.9 Å². The molecule has 21 heavy (non-hydrogen) atoms. The smallest absolute Gasteiger partial charge is 0.240 e. The van der Waals surface area contributed by atoms with E-state index < -0.39 is 10.0 Å². The summed E-state index contributed by atoms with van der Waals surface area (Å²) in [5.74, 6) is 0. The van der Waals surface area contributed by atoms with Gasteiger partial charge in [-0.05, 0) is 25.1 Å². The van der Waals surface area contributed by atoms with Gasteiger partial charge in [0, 0.05) is 29.7 Å². The molecule has 0 saturated carbocycles. The SMILES string of the molecule is C[C@H](NCCNS(=O)(=O)c1cccc(Cl)c1)c1nccs1. The van der Waals surface area contributed by atoms with Gasteiger partial charge in [0.15, 0.2) is 0 Å². The van der Waals surface area contributed by atoms with Crippen molar-refractivity contribution in [3.8, 4) is 0 Å². The van der Waals surface area contributed by atoms with Crippen molar-refractivity contribution in [1.29, 1.82) is 0 Å². The molecule has 1 heterocycles. The number of rotatable bonds is 7. The fraction of sp³-hybridized carbons (Fsp3) is 0.308. The van der Waals surface area contributed by atoms with Crippen LogP contribution in [-0.2, 0) is 10.0 Å². The van der Waals surface area contributed by atoms with Crippen LogP contribution in [0.3, 0.4) is 0 Å². The van der Waals surface area contributed by atoms with E-state index in [-0.39, 0.29) is 10.9 Å². The van der Waals surface area contributed by atoms with E-state index in [2.05, 4.69) is 15.0 Å². The number of sulfonamides is 1. The molecule has 0 radical (unpaired) electrons. The molecule has 0 unspecified atom stereocenters. The topological polar surface area (TPSA) is 71.1 Å². The molecular formula is C13H16ClN3O2S2. The minimum absolute atomic E-state index is 0.0978. The quantitative estimate of drug-likeness (QED) is 0.756. The molecule has 0 aliphatic heterocycles. The summed E-state index contributed by atoms with van der Waals surface area (Å²) in [6.45, 7) is 2.80. The van der Waals surface area contributed by atoms with Gasteiger partial charge in [-0.15, -0.1) is 11.3 Å². The summed E-state index contributed by atoms with van der Waals surface area (Å²) in [5, 5.41) is 6.50. The zero-order valence-corrected chi connectivity index (χ0v) is 13.8. The van der Waals surface area contributed by atoms with Crippen LogP contribution in [0.1, 0.15) is 18.0 Å². The van der Waals surface area contributed by atoms with Crippen LogP contribution in [0.5, 0.6) is 0 Å². The predicted octanol–water partition coefficient (Wildman–Crippen LogP) is 2.43.